The fourth-order valence-corrected chi connectivity index (χ4v) is 3.26. The topological polar surface area (TPSA) is 49.8 Å². The molecule has 0 aromatic heterocycles. The number of carboxylic acid groups (broad SMARTS) is 1. The largest absolute Gasteiger partial charge is 0.478 e. The number of carboxylic acids is 1. The van der Waals surface area contributed by atoms with E-state index in [2.05, 4.69) is 18.1 Å². The van der Waals surface area contributed by atoms with Crippen molar-refractivity contribution in [1.29, 1.82) is 0 Å². The van der Waals surface area contributed by atoms with Crippen LogP contribution >= 0.6 is 11.8 Å². The van der Waals surface area contributed by atoms with Crippen LogP contribution < -0.4 is 4.74 Å². The highest BCUT2D eigenvalue weighted by molar-refractivity contribution is 7.99. The van der Waals surface area contributed by atoms with Crippen molar-refractivity contribution in [2.24, 2.45) is 0 Å². The SMILES string of the molecule is CS[C@H](C)CCN1CCC(Oc2ccc(F)cc2C)(C(=O)O)CC1. The number of ether oxygens (including phenoxy) is 1. The fraction of sp³-hybridized carbons (Fsp3) is 0.611. The molecule has 1 fully saturated rings. The summed E-state index contributed by atoms with van der Waals surface area (Å²) in [5, 5.41) is 10.3. The third kappa shape index (κ3) is 4.63. The molecule has 134 valence electrons. The van der Waals surface area contributed by atoms with Gasteiger partial charge in [-0.15, -0.1) is 0 Å². The van der Waals surface area contributed by atoms with Crippen molar-refractivity contribution in [3.05, 3.63) is 29.6 Å². The van der Waals surface area contributed by atoms with E-state index in [-0.39, 0.29) is 5.82 Å². The number of halogens is 1. The van der Waals surface area contributed by atoms with Gasteiger partial charge in [-0.2, -0.15) is 11.8 Å². The quantitative estimate of drug-likeness (QED) is 0.810. The summed E-state index contributed by atoms with van der Waals surface area (Å²) in [6, 6.07) is 4.18. The molecule has 0 aliphatic carbocycles. The summed E-state index contributed by atoms with van der Waals surface area (Å²) in [6.07, 6.45) is 4.08. The molecule has 0 amide bonds. The Morgan fingerprint density at radius 2 is 2.12 bits per heavy atom. The number of hydrogen-bond donors (Lipinski definition) is 1. The maximum atomic E-state index is 13.2. The van der Waals surface area contributed by atoms with Crippen LogP contribution in [0.2, 0.25) is 0 Å². The van der Waals surface area contributed by atoms with Crippen LogP contribution in [-0.4, -0.2) is 52.7 Å². The number of piperidine rings is 1. The normalized spacial score (nSPS) is 19.0. The molecular formula is C18H26FNO3S. The summed E-state index contributed by atoms with van der Waals surface area (Å²) in [5.74, 6) is -0.839. The van der Waals surface area contributed by atoms with Crippen LogP contribution in [0.15, 0.2) is 18.2 Å². The maximum Gasteiger partial charge on any atom is 0.348 e. The number of thioether (sulfide) groups is 1. The Morgan fingerprint density at radius 1 is 1.46 bits per heavy atom. The molecule has 0 bridgehead atoms. The van der Waals surface area contributed by atoms with Crippen LogP contribution in [0.5, 0.6) is 5.75 Å². The Morgan fingerprint density at radius 3 is 2.67 bits per heavy atom. The van der Waals surface area contributed by atoms with Gasteiger partial charge in [0.25, 0.3) is 0 Å². The average molecular weight is 355 g/mol. The Balaban J connectivity index is 2.02. The summed E-state index contributed by atoms with van der Waals surface area (Å²) < 4.78 is 19.1. The van der Waals surface area contributed by atoms with Gasteiger partial charge in [0.15, 0.2) is 0 Å². The lowest BCUT2D eigenvalue weighted by atomic mass is 9.90. The maximum absolute atomic E-state index is 13.2. The van der Waals surface area contributed by atoms with E-state index in [4.69, 9.17) is 4.74 Å². The number of nitrogens with zero attached hydrogens (tertiary/aromatic N) is 1. The number of rotatable bonds is 7. The van der Waals surface area contributed by atoms with Crippen molar-refractivity contribution >= 4 is 17.7 Å². The predicted molar refractivity (Wildman–Crippen MR) is 95.4 cm³/mol. The molecule has 0 unspecified atom stereocenters. The van der Waals surface area contributed by atoms with Gasteiger partial charge in [-0.05, 0) is 49.9 Å². The minimum absolute atomic E-state index is 0.345. The molecule has 1 heterocycles. The smallest absolute Gasteiger partial charge is 0.348 e. The molecule has 0 radical (unpaired) electrons. The van der Waals surface area contributed by atoms with E-state index in [1.807, 2.05) is 11.8 Å². The summed E-state index contributed by atoms with van der Waals surface area (Å²) in [5.41, 5.74) is -0.601. The van der Waals surface area contributed by atoms with Crippen LogP contribution in [0, 0.1) is 12.7 Å². The molecule has 1 saturated heterocycles. The van der Waals surface area contributed by atoms with Crippen molar-refractivity contribution in [1.82, 2.24) is 4.90 Å². The average Bonchev–Trinajstić information content (AvgIpc) is 2.56. The second-order valence-corrected chi connectivity index (χ2v) is 7.76. The molecule has 1 aromatic carbocycles. The zero-order valence-electron chi connectivity index (χ0n) is 14.5. The molecule has 6 heteroatoms. The first kappa shape index (κ1) is 19.1. The van der Waals surface area contributed by atoms with Gasteiger partial charge in [0.05, 0.1) is 0 Å². The number of likely N-dealkylation sites (tertiary alicyclic amines) is 1. The van der Waals surface area contributed by atoms with Crippen molar-refractivity contribution in [3.8, 4) is 5.75 Å². The van der Waals surface area contributed by atoms with Crippen LogP contribution in [0.3, 0.4) is 0 Å². The number of hydrogen-bond acceptors (Lipinski definition) is 4. The lowest BCUT2D eigenvalue weighted by Gasteiger charge is -2.39. The van der Waals surface area contributed by atoms with E-state index < -0.39 is 11.6 Å². The first-order valence-electron chi connectivity index (χ1n) is 8.30. The molecule has 1 aliphatic heterocycles. The van der Waals surface area contributed by atoms with Gasteiger partial charge in [-0.25, -0.2) is 9.18 Å². The van der Waals surface area contributed by atoms with Gasteiger partial charge in [0, 0.05) is 31.2 Å². The molecule has 2 rings (SSSR count). The van der Waals surface area contributed by atoms with Gasteiger partial charge >= 0.3 is 5.97 Å². The molecule has 0 spiro atoms. The van der Waals surface area contributed by atoms with Crippen molar-refractivity contribution < 1.29 is 19.0 Å². The Kier molecular flexibility index (Phi) is 6.52. The van der Waals surface area contributed by atoms with Crippen LogP contribution in [0.4, 0.5) is 4.39 Å². The van der Waals surface area contributed by atoms with Crippen LogP contribution in [0.1, 0.15) is 31.7 Å². The van der Waals surface area contributed by atoms with Gasteiger partial charge in [-0.1, -0.05) is 6.92 Å². The zero-order chi connectivity index (χ0) is 17.7. The Hall–Kier alpha value is -1.27. The van der Waals surface area contributed by atoms with E-state index in [0.29, 0.717) is 42.5 Å². The molecular weight excluding hydrogens is 329 g/mol. The van der Waals surface area contributed by atoms with E-state index in [1.54, 1.807) is 6.92 Å². The van der Waals surface area contributed by atoms with E-state index in [0.717, 1.165) is 13.0 Å². The monoisotopic (exact) mass is 355 g/mol. The third-order valence-electron chi connectivity index (χ3n) is 4.75. The van der Waals surface area contributed by atoms with Crippen molar-refractivity contribution in [2.45, 2.75) is 44.0 Å². The standard InChI is InChI=1S/C18H26FNO3S/c1-13-12-15(19)4-5-16(13)23-18(17(21)22)7-10-20(11-8-18)9-6-14(2)24-3/h4-5,12,14H,6-11H2,1-3H3,(H,21,22)/t14-/m1/s1. The van der Waals surface area contributed by atoms with E-state index in [9.17, 15) is 14.3 Å². The zero-order valence-corrected chi connectivity index (χ0v) is 15.4. The lowest BCUT2D eigenvalue weighted by Crippen LogP contribution is -2.53. The molecule has 1 N–H and O–H groups in total. The summed E-state index contributed by atoms with van der Waals surface area (Å²) in [4.78, 5) is 14.2. The highest BCUT2D eigenvalue weighted by atomic mass is 32.2. The summed E-state index contributed by atoms with van der Waals surface area (Å²) in [6.45, 7) is 6.32. The lowest BCUT2D eigenvalue weighted by molar-refractivity contribution is -0.159. The molecule has 1 aromatic rings. The highest BCUT2D eigenvalue weighted by Crippen LogP contribution is 2.31. The highest BCUT2D eigenvalue weighted by Gasteiger charge is 2.44. The Labute approximate surface area is 147 Å². The minimum atomic E-state index is -1.22. The van der Waals surface area contributed by atoms with Crippen LogP contribution in [-0.2, 0) is 4.79 Å². The van der Waals surface area contributed by atoms with Gasteiger partial charge in [0.1, 0.15) is 11.6 Å². The molecule has 0 saturated carbocycles. The molecule has 24 heavy (non-hydrogen) atoms. The Bertz CT molecular complexity index is 573. The van der Waals surface area contributed by atoms with Gasteiger partial charge in [-0.3, -0.25) is 0 Å². The van der Waals surface area contributed by atoms with E-state index in [1.165, 1.54) is 18.2 Å². The first-order chi connectivity index (χ1) is 11.4. The number of carbonyl (C=O) groups is 1. The van der Waals surface area contributed by atoms with Gasteiger partial charge in [0.2, 0.25) is 5.60 Å². The van der Waals surface area contributed by atoms with Gasteiger partial charge < -0.3 is 14.7 Å². The third-order valence-corrected chi connectivity index (χ3v) is 5.79. The van der Waals surface area contributed by atoms with E-state index >= 15 is 0 Å². The van der Waals surface area contributed by atoms with Crippen molar-refractivity contribution in [3.63, 3.8) is 0 Å². The minimum Gasteiger partial charge on any atom is -0.478 e. The second kappa shape index (κ2) is 8.21. The second-order valence-electron chi connectivity index (χ2n) is 6.49. The van der Waals surface area contributed by atoms with Crippen LogP contribution in [0.25, 0.3) is 0 Å². The molecule has 1 aliphatic rings. The number of benzene rings is 1. The summed E-state index contributed by atoms with van der Waals surface area (Å²) >= 11 is 1.85. The molecule has 4 nitrogen and oxygen atoms in total. The fourth-order valence-electron chi connectivity index (χ4n) is 2.92. The predicted octanol–water partition coefficient (Wildman–Crippen LogP) is 3.57. The first-order valence-corrected chi connectivity index (χ1v) is 9.59. The molecule has 1 atom stereocenters. The van der Waals surface area contributed by atoms with Crippen molar-refractivity contribution in [2.75, 3.05) is 25.9 Å². The summed E-state index contributed by atoms with van der Waals surface area (Å²) in [7, 11) is 0. The number of aliphatic carboxylic acids is 1. The number of aryl methyl sites for hydroxylation is 1.